The number of sulfonamides is 1. The number of primary sulfonamides is 1. The van der Waals surface area contributed by atoms with E-state index in [1.165, 1.54) is 26.4 Å². The zero-order valence-corrected chi connectivity index (χ0v) is 10.4. The fourth-order valence-electron chi connectivity index (χ4n) is 1.15. The monoisotopic (exact) mass is 265 g/mol. The summed E-state index contributed by atoms with van der Waals surface area (Å²) in [5.41, 5.74) is 0. The van der Waals surface area contributed by atoms with Gasteiger partial charge in [-0.15, -0.1) is 0 Å². The van der Waals surface area contributed by atoms with E-state index in [2.05, 4.69) is 9.97 Å². The Bertz CT molecular complexity index is 448. The van der Waals surface area contributed by atoms with Crippen LogP contribution < -0.4 is 5.14 Å². The molecular formula is C8H12ClN3O3S. The Morgan fingerprint density at radius 3 is 2.31 bits per heavy atom. The van der Waals surface area contributed by atoms with Gasteiger partial charge in [0.25, 0.3) is 0 Å². The molecule has 0 aliphatic heterocycles. The Labute approximate surface area is 98.8 Å². The molecular weight excluding hydrogens is 254 g/mol. The Morgan fingerprint density at radius 1 is 1.44 bits per heavy atom. The minimum absolute atomic E-state index is 0.230. The summed E-state index contributed by atoms with van der Waals surface area (Å²) in [6.07, 6.45) is 1.92. The number of hydrogen-bond acceptors (Lipinski definition) is 5. The molecule has 90 valence electrons. The van der Waals surface area contributed by atoms with Gasteiger partial charge in [0, 0.05) is 19.5 Å². The van der Waals surface area contributed by atoms with Crippen molar-refractivity contribution in [2.45, 2.75) is 18.3 Å². The third kappa shape index (κ3) is 3.11. The normalized spacial score (nSPS) is 15.8. The number of aromatic nitrogens is 2. The lowest BCUT2D eigenvalue weighted by molar-refractivity contribution is 0.0948. The zero-order valence-electron chi connectivity index (χ0n) is 8.79. The van der Waals surface area contributed by atoms with Crippen molar-refractivity contribution < 1.29 is 13.2 Å². The van der Waals surface area contributed by atoms with Gasteiger partial charge in [-0.05, 0) is 6.92 Å². The van der Waals surface area contributed by atoms with Crippen LogP contribution in [0.2, 0.25) is 5.02 Å². The molecule has 0 amide bonds. The van der Waals surface area contributed by atoms with E-state index in [0.29, 0.717) is 5.02 Å². The second kappa shape index (κ2) is 5.05. The fraction of sp³-hybridized carbons (Fsp3) is 0.500. The predicted molar refractivity (Wildman–Crippen MR) is 59.4 cm³/mol. The molecule has 0 aliphatic carbocycles. The highest BCUT2D eigenvalue weighted by Gasteiger charge is 2.30. The van der Waals surface area contributed by atoms with E-state index in [9.17, 15) is 8.42 Å². The number of hydrogen-bond donors (Lipinski definition) is 1. The van der Waals surface area contributed by atoms with Crippen LogP contribution in [-0.2, 0) is 14.8 Å². The van der Waals surface area contributed by atoms with Gasteiger partial charge in [0.05, 0.1) is 5.02 Å². The van der Waals surface area contributed by atoms with Crippen LogP contribution in [0.4, 0.5) is 0 Å². The molecule has 16 heavy (non-hydrogen) atoms. The van der Waals surface area contributed by atoms with E-state index in [0.717, 1.165) is 0 Å². The van der Waals surface area contributed by atoms with Crippen molar-refractivity contribution in [1.82, 2.24) is 9.97 Å². The maximum Gasteiger partial charge on any atom is 0.214 e. The molecule has 2 N–H and O–H groups in total. The highest BCUT2D eigenvalue weighted by Crippen LogP contribution is 2.21. The van der Waals surface area contributed by atoms with Crippen LogP contribution in [0.3, 0.4) is 0 Å². The lowest BCUT2D eigenvalue weighted by atomic mass is 10.2. The minimum Gasteiger partial charge on any atom is -0.372 e. The summed E-state index contributed by atoms with van der Waals surface area (Å²) >= 11 is 5.62. The second-order valence-electron chi connectivity index (χ2n) is 3.21. The number of nitrogens with zero attached hydrogens (tertiary/aromatic N) is 2. The summed E-state index contributed by atoms with van der Waals surface area (Å²) in [5.74, 6) is 0.230. The molecule has 0 saturated heterocycles. The SMILES string of the molecule is CO[C@@H](c1ncc(Cl)cn1)[C@H](C)S(N)(=O)=O. The molecule has 6 nitrogen and oxygen atoms in total. The first-order valence-electron chi connectivity index (χ1n) is 4.38. The van der Waals surface area contributed by atoms with Crippen LogP contribution in [-0.4, -0.2) is 30.7 Å². The number of halogens is 1. The van der Waals surface area contributed by atoms with Crippen LogP contribution in [0.5, 0.6) is 0 Å². The quantitative estimate of drug-likeness (QED) is 0.855. The smallest absolute Gasteiger partial charge is 0.214 e. The topological polar surface area (TPSA) is 95.2 Å². The lowest BCUT2D eigenvalue weighted by Gasteiger charge is -2.19. The van der Waals surface area contributed by atoms with Crippen molar-refractivity contribution in [3.05, 3.63) is 23.2 Å². The first kappa shape index (κ1) is 13.3. The summed E-state index contributed by atoms with van der Waals surface area (Å²) in [6.45, 7) is 1.43. The molecule has 1 rings (SSSR count). The van der Waals surface area contributed by atoms with Crippen LogP contribution in [0.15, 0.2) is 12.4 Å². The summed E-state index contributed by atoms with van der Waals surface area (Å²) in [7, 11) is -2.35. The average Bonchev–Trinajstić information content (AvgIpc) is 2.20. The van der Waals surface area contributed by atoms with Gasteiger partial charge in [-0.3, -0.25) is 0 Å². The van der Waals surface area contributed by atoms with Gasteiger partial charge in [0.15, 0.2) is 5.82 Å². The maximum atomic E-state index is 11.2. The third-order valence-electron chi connectivity index (χ3n) is 2.09. The molecule has 0 saturated carbocycles. The Balaban J connectivity index is 3.03. The standard InChI is InChI=1S/C8H12ClN3O3S/c1-5(16(10,13)14)7(15-2)8-11-3-6(9)4-12-8/h3-5,7H,1-2H3,(H2,10,13,14)/t5-,7+/m0/s1. The zero-order chi connectivity index (χ0) is 12.3. The van der Waals surface area contributed by atoms with Gasteiger partial charge in [0.1, 0.15) is 11.4 Å². The van der Waals surface area contributed by atoms with Crippen molar-refractivity contribution in [2.75, 3.05) is 7.11 Å². The number of ether oxygens (including phenoxy) is 1. The molecule has 0 aromatic carbocycles. The summed E-state index contributed by atoms with van der Waals surface area (Å²) in [5, 5.41) is 4.46. The molecule has 0 aliphatic rings. The van der Waals surface area contributed by atoms with Crippen LogP contribution in [0.25, 0.3) is 0 Å². The molecule has 0 bridgehead atoms. The van der Waals surface area contributed by atoms with E-state index in [-0.39, 0.29) is 5.82 Å². The third-order valence-corrected chi connectivity index (χ3v) is 3.57. The molecule has 1 aromatic rings. The summed E-state index contributed by atoms with van der Waals surface area (Å²) in [4.78, 5) is 7.79. The second-order valence-corrected chi connectivity index (χ2v) is 5.57. The number of rotatable bonds is 4. The van der Waals surface area contributed by atoms with Gasteiger partial charge >= 0.3 is 0 Å². The van der Waals surface area contributed by atoms with Crippen LogP contribution in [0.1, 0.15) is 18.9 Å². The van der Waals surface area contributed by atoms with E-state index in [4.69, 9.17) is 21.5 Å². The first-order valence-corrected chi connectivity index (χ1v) is 6.37. The van der Waals surface area contributed by atoms with Crippen molar-refractivity contribution in [3.63, 3.8) is 0 Å². The van der Waals surface area contributed by atoms with Gasteiger partial charge in [-0.2, -0.15) is 0 Å². The average molecular weight is 266 g/mol. The molecule has 1 aromatic heterocycles. The van der Waals surface area contributed by atoms with Crippen LogP contribution >= 0.6 is 11.6 Å². The first-order chi connectivity index (χ1) is 7.36. The van der Waals surface area contributed by atoms with Gasteiger partial charge in [-0.25, -0.2) is 23.5 Å². The molecule has 1 heterocycles. The minimum atomic E-state index is -3.71. The molecule has 0 radical (unpaired) electrons. The number of nitrogens with two attached hydrogens (primary N) is 1. The summed E-state index contributed by atoms with van der Waals surface area (Å²) < 4.78 is 27.4. The Morgan fingerprint density at radius 2 is 1.94 bits per heavy atom. The molecule has 0 fully saturated rings. The van der Waals surface area contributed by atoms with E-state index in [1.54, 1.807) is 0 Å². The van der Waals surface area contributed by atoms with Crippen molar-refractivity contribution in [2.24, 2.45) is 5.14 Å². The van der Waals surface area contributed by atoms with E-state index < -0.39 is 21.4 Å². The Hall–Kier alpha value is -0.760. The van der Waals surface area contributed by atoms with Gasteiger partial charge in [0.2, 0.25) is 10.0 Å². The summed E-state index contributed by atoms with van der Waals surface area (Å²) in [6, 6.07) is 0. The number of methoxy groups -OCH3 is 1. The van der Waals surface area contributed by atoms with Gasteiger partial charge < -0.3 is 4.74 Å². The van der Waals surface area contributed by atoms with E-state index in [1.807, 2.05) is 0 Å². The van der Waals surface area contributed by atoms with Gasteiger partial charge in [-0.1, -0.05) is 11.6 Å². The van der Waals surface area contributed by atoms with E-state index >= 15 is 0 Å². The molecule has 0 unspecified atom stereocenters. The van der Waals surface area contributed by atoms with Crippen molar-refractivity contribution >= 4 is 21.6 Å². The van der Waals surface area contributed by atoms with Crippen molar-refractivity contribution in [1.29, 1.82) is 0 Å². The highest BCUT2D eigenvalue weighted by molar-refractivity contribution is 7.89. The molecule has 8 heteroatoms. The highest BCUT2D eigenvalue weighted by atomic mass is 35.5. The van der Waals surface area contributed by atoms with Crippen LogP contribution in [0, 0.1) is 0 Å². The lowest BCUT2D eigenvalue weighted by Crippen LogP contribution is -2.33. The Kier molecular flexibility index (Phi) is 4.20. The molecule has 0 spiro atoms. The fourth-order valence-corrected chi connectivity index (χ4v) is 1.82. The largest absolute Gasteiger partial charge is 0.372 e. The van der Waals surface area contributed by atoms with Crippen molar-refractivity contribution in [3.8, 4) is 0 Å². The maximum absolute atomic E-state index is 11.2. The predicted octanol–water partition coefficient (Wildman–Crippen LogP) is 0.495. The molecule has 2 atom stereocenters.